The zero-order valence-electron chi connectivity index (χ0n) is 14.0. The van der Waals surface area contributed by atoms with Crippen molar-refractivity contribution in [3.05, 3.63) is 59.7 Å². The van der Waals surface area contributed by atoms with Gasteiger partial charge in [0, 0.05) is 12.3 Å². The van der Waals surface area contributed by atoms with Crippen LogP contribution in [-0.2, 0) is 9.53 Å². The van der Waals surface area contributed by atoms with Crippen LogP contribution < -0.4 is 0 Å². The van der Waals surface area contributed by atoms with Gasteiger partial charge in [-0.3, -0.25) is 4.90 Å². The first-order valence-electron chi connectivity index (χ1n) is 8.58. The molecule has 4 rings (SSSR count). The number of carbonyl (C=O) groups is 2. The van der Waals surface area contributed by atoms with Crippen LogP contribution in [0.25, 0.3) is 11.1 Å². The van der Waals surface area contributed by atoms with Gasteiger partial charge in [0.05, 0.1) is 12.6 Å². The highest BCUT2D eigenvalue weighted by Crippen LogP contribution is 2.44. The minimum atomic E-state index is -1.13. The molecule has 2 N–H and O–H groups in total. The van der Waals surface area contributed by atoms with Crippen molar-refractivity contribution in [3.8, 4) is 11.1 Å². The maximum absolute atomic E-state index is 12.4. The Bertz CT molecular complexity index is 819. The van der Waals surface area contributed by atoms with Gasteiger partial charge in [0.15, 0.2) is 0 Å². The summed E-state index contributed by atoms with van der Waals surface area (Å²) in [5, 5.41) is 18.9. The van der Waals surface area contributed by atoms with Crippen molar-refractivity contribution in [2.75, 3.05) is 13.2 Å². The number of likely N-dealkylation sites (tertiary alicyclic amines) is 1. The molecule has 2 aliphatic rings. The summed E-state index contributed by atoms with van der Waals surface area (Å²) >= 11 is 0. The van der Waals surface area contributed by atoms with Crippen LogP contribution in [0.2, 0.25) is 0 Å². The molecule has 1 aliphatic heterocycles. The van der Waals surface area contributed by atoms with Crippen molar-refractivity contribution in [1.82, 2.24) is 4.90 Å². The molecule has 0 aromatic heterocycles. The highest BCUT2D eigenvalue weighted by atomic mass is 16.6. The molecule has 26 heavy (non-hydrogen) atoms. The number of benzene rings is 2. The van der Waals surface area contributed by atoms with Crippen LogP contribution in [0.4, 0.5) is 4.79 Å². The molecule has 1 heterocycles. The van der Waals surface area contributed by atoms with E-state index in [1.165, 1.54) is 0 Å². The van der Waals surface area contributed by atoms with Gasteiger partial charge in [-0.1, -0.05) is 48.5 Å². The van der Waals surface area contributed by atoms with E-state index in [1.807, 2.05) is 48.5 Å². The first kappa shape index (κ1) is 16.6. The Morgan fingerprint density at radius 2 is 1.62 bits per heavy atom. The van der Waals surface area contributed by atoms with Gasteiger partial charge in [-0.25, -0.2) is 9.59 Å². The number of aliphatic carboxylic acids is 1. The molecule has 0 unspecified atom stereocenters. The number of rotatable bonds is 3. The van der Waals surface area contributed by atoms with E-state index in [-0.39, 0.29) is 25.5 Å². The molecule has 0 bridgehead atoms. The van der Waals surface area contributed by atoms with Gasteiger partial charge in [-0.05, 0) is 22.3 Å². The van der Waals surface area contributed by atoms with Gasteiger partial charge in [0.2, 0.25) is 0 Å². The fourth-order valence-corrected chi connectivity index (χ4v) is 3.93. The van der Waals surface area contributed by atoms with E-state index >= 15 is 0 Å². The summed E-state index contributed by atoms with van der Waals surface area (Å²) in [6.07, 6.45) is -1.51. The lowest BCUT2D eigenvalue weighted by Gasteiger charge is -2.22. The Labute approximate surface area is 150 Å². The third kappa shape index (κ3) is 2.72. The second-order valence-electron chi connectivity index (χ2n) is 6.70. The van der Waals surface area contributed by atoms with Gasteiger partial charge in [-0.15, -0.1) is 0 Å². The first-order chi connectivity index (χ1) is 12.6. The number of amides is 1. The Hall–Kier alpha value is -2.86. The van der Waals surface area contributed by atoms with Crippen molar-refractivity contribution >= 4 is 12.1 Å². The van der Waals surface area contributed by atoms with Gasteiger partial charge >= 0.3 is 12.1 Å². The molecule has 134 valence electrons. The topological polar surface area (TPSA) is 87.1 Å². The predicted molar refractivity (Wildman–Crippen MR) is 93.8 cm³/mol. The summed E-state index contributed by atoms with van der Waals surface area (Å²) in [6, 6.07) is 15.0. The van der Waals surface area contributed by atoms with Crippen LogP contribution in [0.15, 0.2) is 48.5 Å². The summed E-state index contributed by atoms with van der Waals surface area (Å²) in [7, 11) is 0. The molecule has 0 spiro atoms. The highest BCUT2D eigenvalue weighted by molar-refractivity contribution is 5.81. The van der Waals surface area contributed by atoms with Crippen molar-refractivity contribution in [3.63, 3.8) is 0 Å². The molecule has 2 atom stereocenters. The molecule has 6 heteroatoms. The second-order valence-corrected chi connectivity index (χ2v) is 6.70. The number of aliphatic hydroxyl groups excluding tert-OH is 1. The lowest BCUT2D eigenvalue weighted by atomic mass is 9.98. The number of carboxylic acid groups (broad SMARTS) is 1. The van der Waals surface area contributed by atoms with Crippen LogP contribution >= 0.6 is 0 Å². The Kier molecular flexibility index (Phi) is 4.12. The van der Waals surface area contributed by atoms with E-state index in [0.29, 0.717) is 0 Å². The van der Waals surface area contributed by atoms with Crippen LogP contribution in [0.1, 0.15) is 23.5 Å². The van der Waals surface area contributed by atoms with E-state index < -0.39 is 24.2 Å². The third-order valence-electron chi connectivity index (χ3n) is 5.13. The number of aliphatic hydroxyl groups is 1. The van der Waals surface area contributed by atoms with E-state index in [9.17, 15) is 19.8 Å². The molecule has 0 radical (unpaired) electrons. The lowest BCUT2D eigenvalue weighted by molar-refractivity contribution is -0.141. The maximum atomic E-state index is 12.4. The van der Waals surface area contributed by atoms with E-state index in [0.717, 1.165) is 27.2 Å². The fourth-order valence-electron chi connectivity index (χ4n) is 3.93. The Morgan fingerprint density at radius 3 is 2.19 bits per heavy atom. The number of hydrogen-bond acceptors (Lipinski definition) is 4. The maximum Gasteiger partial charge on any atom is 0.410 e. The minimum Gasteiger partial charge on any atom is -0.480 e. The smallest absolute Gasteiger partial charge is 0.410 e. The Morgan fingerprint density at radius 1 is 1.04 bits per heavy atom. The lowest BCUT2D eigenvalue weighted by Crippen LogP contribution is -2.41. The van der Waals surface area contributed by atoms with Crippen LogP contribution in [-0.4, -0.2) is 52.5 Å². The minimum absolute atomic E-state index is 0.0202. The zero-order chi connectivity index (χ0) is 18.3. The molecular weight excluding hydrogens is 334 g/mol. The molecule has 1 aliphatic carbocycles. The summed E-state index contributed by atoms with van der Waals surface area (Å²) in [5.41, 5.74) is 4.45. The largest absolute Gasteiger partial charge is 0.480 e. The molecule has 0 saturated carbocycles. The van der Waals surface area contributed by atoms with Crippen LogP contribution in [0.3, 0.4) is 0 Å². The van der Waals surface area contributed by atoms with Gasteiger partial charge in [0.25, 0.3) is 0 Å². The Balaban J connectivity index is 1.53. The average Bonchev–Trinajstić information content (AvgIpc) is 3.18. The van der Waals surface area contributed by atoms with Gasteiger partial charge < -0.3 is 14.9 Å². The monoisotopic (exact) mass is 353 g/mol. The average molecular weight is 353 g/mol. The molecule has 2 aromatic carbocycles. The summed E-state index contributed by atoms with van der Waals surface area (Å²) in [4.78, 5) is 24.8. The summed E-state index contributed by atoms with van der Waals surface area (Å²) < 4.78 is 5.46. The number of hydrogen-bond donors (Lipinski definition) is 2. The SMILES string of the molecule is O=C(O)[C@H]1C[C@@H](O)CN1C(=O)OCC1c2ccccc2-c2ccccc21. The second kappa shape index (κ2) is 6.46. The predicted octanol–water partition coefficient (Wildman–Crippen LogP) is 2.46. The van der Waals surface area contributed by atoms with Gasteiger partial charge in [-0.2, -0.15) is 0 Å². The zero-order valence-corrected chi connectivity index (χ0v) is 14.0. The van der Waals surface area contributed by atoms with Crippen LogP contribution in [0.5, 0.6) is 0 Å². The molecular formula is C20H19NO5. The molecule has 1 fully saturated rings. The van der Waals surface area contributed by atoms with Crippen molar-refractivity contribution in [1.29, 1.82) is 0 Å². The normalized spacial score (nSPS) is 21.3. The number of carbonyl (C=O) groups excluding carboxylic acids is 1. The highest BCUT2D eigenvalue weighted by Gasteiger charge is 2.40. The standard InChI is InChI=1S/C20H19NO5/c22-12-9-18(19(23)24)21(10-12)20(25)26-11-17-15-7-3-1-5-13(15)14-6-2-4-8-16(14)17/h1-8,12,17-18,22H,9-11H2,(H,23,24)/t12-,18-/m1/s1. The number of carboxylic acids is 1. The molecule has 1 saturated heterocycles. The van der Waals surface area contributed by atoms with E-state index in [1.54, 1.807) is 0 Å². The number of nitrogens with zero attached hydrogens (tertiary/aromatic N) is 1. The van der Waals surface area contributed by atoms with Crippen molar-refractivity contribution < 1.29 is 24.5 Å². The van der Waals surface area contributed by atoms with Crippen molar-refractivity contribution in [2.45, 2.75) is 24.5 Å². The number of fused-ring (bicyclic) bond motifs is 3. The van der Waals surface area contributed by atoms with Crippen molar-refractivity contribution in [2.24, 2.45) is 0 Å². The fraction of sp³-hybridized carbons (Fsp3) is 0.300. The molecule has 1 amide bonds. The third-order valence-corrected chi connectivity index (χ3v) is 5.13. The van der Waals surface area contributed by atoms with Crippen LogP contribution in [0, 0.1) is 0 Å². The molecule has 6 nitrogen and oxygen atoms in total. The molecule has 2 aromatic rings. The first-order valence-corrected chi connectivity index (χ1v) is 8.58. The quantitative estimate of drug-likeness (QED) is 0.885. The van der Waals surface area contributed by atoms with Gasteiger partial charge in [0.1, 0.15) is 12.6 Å². The summed E-state index contributed by atoms with van der Waals surface area (Å²) in [5.74, 6) is -1.21. The summed E-state index contributed by atoms with van der Waals surface area (Å²) in [6.45, 7) is 0.111. The number of β-amino-alcohol motifs (C(OH)–C–C–N with tert-alkyl or cyclic N) is 1. The van der Waals surface area contributed by atoms with E-state index in [2.05, 4.69) is 0 Å². The number of ether oxygens (including phenoxy) is 1. The van der Waals surface area contributed by atoms with E-state index in [4.69, 9.17) is 4.74 Å².